The van der Waals surface area contributed by atoms with E-state index in [1.807, 2.05) is 12.1 Å². The summed E-state index contributed by atoms with van der Waals surface area (Å²) in [5.74, 6) is -0.519. The molecule has 0 radical (unpaired) electrons. The molecular formula is C18H15BFN3O3. The lowest BCUT2D eigenvalue weighted by Crippen LogP contribution is -2.28. The Morgan fingerprint density at radius 1 is 1.31 bits per heavy atom. The topological polar surface area (TPSA) is 77.2 Å². The normalized spacial score (nSPS) is 13.1. The SMILES string of the molecule is Cc1c(C(=O)Cc2ccc3c(c2)B(O)OC3)nnn1-c1ccc(F)cc1. The molecule has 0 unspecified atom stereocenters. The van der Waals surface area contributed by atoms with Crippen LogP contribution in [0.2, 0.25) is 0 Å². The first kappa shape index (κ1) is 16.6. The van der Waals surface area contributed by atoms with Crippen molar-refractivity contribution in [1.82, 2.24) is 15.0 Å². The molecule has 130 valence electrons. The van der Waals surface area contributed by atoms with Crippen LogP contribution in [0.25, 0.3) is 5.69 Å². The Labute approximate surface area is 149 Å². The van der Waals surface area contributed by atoms with Gasteiger partial charge in [0.2, 0.25) is 0 Å². The first-order chi connectivity index (χ1) is 12.5. The zero-order chi connectivity index (χ0) is 18.3. The third-order valence-corrected chi connectivity index (χ3v) is 4.47. The van der Waals surface area contributed by atoms with Gasteiger partial charge in [-0.2, -0.15) is 0 Å². The van der Waals surface area contributed by atoms with Gasteiger partial charge >= 0.3 is 7.12 Å². The van der Waals surface area contributed by atoms with E-state index in [4.69, 9.17) is 4.65 Å². The van der Waals surface area contributed by atoms with E-state index in [1.165, 1.54) is 16.8 Å². The van der Waals surface area contributed by atoms with Crippen molar-refractivity contribution in [2.24, 2.45) is 0 Å². The molecule has 0 bridgehead atoms. The van der Waals surface area contributed by atoms with Gasteiger partial charge in [0.05, 0.1) is 18.0 Å². The number of hydrogen-bond acceptors (Lipinski definition) is 5. The van der Waals surface area contributed by atoms with E-state index < -0.39 is 7.12 Å². The van der Waals surface area contributed by atoms with Crippen LogP contribution < -0.4 is 5.46 Å². The standard InChI is InChI=1S/C18H15BFN3O3/c1-11-18(21-22-23(11)15-6-4-14(20)5-7-15)17(24)9-12-2-3-13-10-26-19(25)16(13)8-12/h2-8,25H,9-10H2,1H3. The summed E-state index contributed by atoms with van der Waals surface area (Å²) >= 11 is 0. The van der Waals surface area contributed by atoms with Gasteiger partial charge in [-0.15, -0.1) is 5.10 Å². The van der Waals surface area contributed by atoms with Crippen molar-refractivity contribution in [2.75, 3.05) is 0 Å². The monoisotopic (exact) mass is 351 g/mol. The highest BCUT2D eigenvalue weighted by molar-refractivity contribution is 6.61. The van der Waals surface area contributed by atoms with E-state index in [2.05, 4.69) is 10.3 Å². The minimum Gasteiger partial charge on any atom is -0.423 e. The van der Waals surface area contributed by atoms with E-state index >= 15 is 0 Å². The van der Waals surface area contributed by atoms with Crippen LogP contribution >= 0.6 is 0 Å². The van der Waals surface area contributed by atoms with Crippen LogP contribution in [0.5, 0.6) is 0 Å². The van der Waals surface area contributed by atoms with Gasteiger partial charge in [0.25, 0.3) is 0 Å². The molecule has 1 aliphatic rings. The predicted molar refractivity (Wildman–Crippen MR) is 92.9 cm³/mol. The maximum absolute atomic E-state index is 13.1. The molecule has 6 nitrogen and oxygen atoms in total. The average molecular weight is 351 g/mol. The Bertz CT molecular complexity index is 988. The minimum absolute atomic E-state index is 0.142. The summed E-state index contributed by atoms with van der Waals surface area (Å²) in [5, 5.41) is 17.8. The first-order valence-corrected chi connectivity index (χ1v) is 8.16. The molecule has 0 atom stereocenters. The second kappa shape index (κ2) is 6.47. The van der Waals surface area contributed by atoms with E-state index in [-0.39, 0.29) is 23.7 Å². The van der Waals surface area contributed by atoms with Crippen LogP contribution in [0.1, 0.15) is 27.3 Å². The molecular weight excluding hydrogens is 336 g/mol. The fourth-order valence-electron chi connectivity index (χ4n) is 3.06. The van der Waals surface area contributed by atoms with Crippen molar-refractivity contribution >= 4 is 18.4 Å². The Morgan fingerprint density at radius 3 is 2.85 bits per heavy atom. The van der Waals surface area contributed by atoms with Gasteiger partial charge in [-0.25, -0.2) is 9.07 Å². The van der Waals surface area contributed by atoms with Crippen molar-refractivity contribution < 1.29 is 18.9 Å². The highest BCUT2D eigenvalue weighted by Crippen LogP contribution is 2.16. The molecule has 1 N–H and O–H groups in total. The van der Waals surface area contributed by atoms with Gasteiger partial charge in [0.1, 0.15) is 5.82 Å². The van der Waals surface area contributed by atoms with E-state index in [9.17, 15) is 14.2 Å². The van der Waals surface area contributed by atoms with E-state index in [0.717, 1.165) is 11.1 Å². The third-order valence-electron chi connectivity index (χ3n) is 4.47. The van der Waals surface area contributed by atoms with Crippen molar-refractivity contribution in [3.05, 3.63) is 70.8 Å². The Kier molecular flexibility index (Phi) is 4.14. The molecule has 2 heterocycles. The quantitative estimate of drug-likeness (QED) is 0.567. The number of carbonyl (C=O) groups is 1. The number of hydrogen-bond donors (Lipinski definition) is 1. The van der Waals surface area contributed by atoms with Crippen molar-refractivity contribution in [2.45, 2.75) is 20.0 Å². The summed E-state index contributed by atoms with van der Waals surface area (Å²) in [7, 11) is -0.943. The highest BCUT2D eigenvalue weighted by Gasteiger charge is 2.27. The Morgan fingerprint density at radius 2 is 2.08 bits per heavy atom. The summed E-state index contributed by atoms with van der Waals surface area (Å²) in [5.41, 5.74) is 3.88. The van der Waals surface area contributed by atoms with Crippen molar-refractivity contribution in [3.63, 3.8) is 0 Å². The van der Waals surface area contributed by atoms with Crippen LogP contribution in [0.4, 0.5) is 4.39 Å². The van der Waals surface area contributed by atoms with Crippen LogP contribution in [0, 0.1) is 12.7 Å². The number of aromatic nitrogens is 3. The molecule has 1 aromatic heterocycles. The molecule has 1 aliphatic heterocycles. The largest absolute Gasteiger partial charge is 0.491 e. The number of Topliss-reactive ketones (excluding diaryl/α,β-unsaturated/α-hetero) is 1. The van der Waals surface area contributed by atoms with Crippen LogP contribution in [0.3, 0.4) is 0 Å². The molecule has 4 rings (SSSR count). The Balaban J connectivity index is 1.58. The van der Waals surface area contributed by atoms with Gasteiger partial charge in [-0.3, -0.25) is 4.79 Å². The molecule has 0 saturated carbocycles. The molecule has 0 fully saturated rings. The van der Waals surface area contributed by atoms with Gasteiger partial charge in [0, 0.05) is 6.42 Å². The Hall–Kier alpha value is -2.84. The summed E-state index contributed by atoms with van der Waals surface area (Å²) in [4.78, 5) is 12.6. The fourth-order valence-corrected chi connectivity index (χ4v) is 3.06. The molecule has 3 aromatic rings. The summed E-state index contributed by atoms with van der Waals surface area (Å²) in [6.45, 7) is 2.12. The maximum atomic E-state index is 13.1. The number of rotatable bonds is 4. The second-order valence-corrected chi connectivity index (χ2v) is 6.21. The predicted octanol–water partition coefficient (Wildman–Crippen LogP) is 1.36. The van der Waals surface area contributed by atoms with Crippen LogP contribution in [-0.2, 0) is 17.7 Å². The average Bonchev–Trinajstić information content (AvgIpc) is 3.19. The van der Waals surface area contributed by atoms with E-state index in [1.54, 1.807) is 25.1 Å². The fraction of sp³-hybridized carbons (Fsp3) is 0.167. The summed E-state index contributed by atoms with van der Waals surface area (Å²) < 4.78 is 19.7. The molecule has 0 aliphatic carbocycles. The minimum atomic E-state index is -0.943. The van der Waals surface area contributed by atoms with Gasteiger partial charge in [-0.1, -0.05) is 23.4 Å². The number of fused-ring (bicyclic) bond motifs is 1. The maximum Gasteiger partial charge on any atom is 0.491 e. The summed E-state index contributed by atoms with van der Waals surface area (Å²) in [6.07, 6.45) is 0.142. The molecule has 0 saturated heterocycles. The second-order valence-electron chi connectivity index (χ2n) is 6.21. The number of nitrogens with zero attached hydrogens (tertiary/aromatic N) is 3. The third kappa shape index (κ3) is 2.93. The van der Waals surface area contributed by atoms with Gasteiger partial charge < -0.3 is 9.68 Å². The molecule has 0 spiro atoms. The van der Waals surface area contributed by atoms with Crippen LogP contribution in [-0.4, -0.2) is 32.9 Å². The highest BCUT2D eigenvalue weighted by atomic mass is 19.1. The van der Waals surface area contributed by atoms with Gasteiger partial charge in [0.15, 0.2) is 11.5 Å². The lowest BCUT2D eigenvalue weighted by molar-refractivity contribution is 0.0987. The van der Waals surface area contributed by atoms with Gasteiger partial charge in [-0.05, 0) is 47.8 Å². The number of benzene rings is 2. The molecule has 2 aromatic carbocycles. The summed E-state index contributed by atoms with van der Waals surface area (Å²) in [6, 6.07) is 11.3. The number of carbonyl (C=O) groups excluding carboxylic acids is 1. The van der Waals surface area contributed by atoms with Crippen molar-refractivity contribution in [1.29, 1.82) is 0 Å². The van der Waals surface area contributed by atoms with E-state index in [0.29, 0.717) is 23.5 Å². The first-order valence-electron chi connectivity index (χ1n) is 8.16. The lowest BCUT2D eigenvalue weighted by atomic mass is 9.78. The zero-order valence-electron chi connectivity index (χ0n) is 14.0. The smallest absolute Gasteiger partial charge is 0.423 e. The number of halogens is 1. The molecule has 26 heavy (non-hydrogen) atoms. The van der Waals surface area contributed by atoms with Crippen molar-refractivity contribution in [3.8, 4) is 5.69 Å². The van der Waals surface area contributed by atoms with Crippen LogP contribution in [0.15, 0.2) is 42.5 Å². The molecule has 8 heteroatoms. The zero-order valence-corrected chi connectivity index (χ0v) is 14.0. The number of ketones is 1. The lowest BCUT2D eigenvalue weighted by Gasteiger charge is -2.05. The molecule has 0 amide bonds.